The third kappa shape index (κ3) is 3.31. The van der Waals surface area contributed by atoms with Crippen LogP contribution >= 0.6 is 0 Å². The molecule has 4 heterocycles. The number of nitrogens with one attached hydrogen (secondary N) is 1. The number of rotatable bonds is 5. The van der Waals surface area contributed by atoms with Gasteiger partial charge in [-0.1, -0.05) is 30.3 Å². The Bertz CT molecular complexity index is 1520. The first-order valence-electron chi connectivity index (χ1n) is 10.1. The second kappa shape index (κ2) is 7.55. The van der Waals surface area contributed by atoms with E-state index in [0.29, 0.717) is 11.6 Å². The van der Waals surface area contributed by atoms with Crippen LogP contribution in [0, 0.1) is 0 Å². The number of pyridine rings is 1. The van der Waals surface area contributed by atoms with Crippen molar-refractivity contribution in [2.45, 2.75) is 6.54 Å². The second-order valence-corrected chi connectivity index (χ2v) is 7.31. The Balaban J connectivity index is 1.33. The van der Waals surface area contributed by atoms with Crippen LogP contribution < -0.4 is 5.32 Å². The molecule has 0 fully saturated rings. The van der Waals surface area contributed by atoms with Gasteiger partial charge in [0.05, 0.1) is 30.0 Å². The van der Waals surface area contributed by atoms with Crippen molar-refractivity contribution in [3.63, 3.8) is 0 Å². The van der Waals surface area contributed by atoms with Crippen LogP contribution in [0.1, 0.15) is 5.56 Å². The molecule has 4 aromatic heterocycles. The topological polar surface area (TPSA) is 99.2 Å². The molecule has 0 bridgehead atoms. The minimum Gasteiger partial charge on any atom is -0.340 e. The maximum atomic E-state index is 4.57. The smallest absolute Gasteiger partial charge is 0.156 e. The molecule has 0 spiro atoms. The summed E-state index contributed by atoms with van der Waals surface area (Å²) in [5, 5.41) is 14.0. The lowest BCUT2D eigenvalue weighted by Crippen LogP contribution is -2.02. The molecule has 0 saturated carbocycles. The quantitative estimate of drug-likeness (QED) is 0.454. The molecular weight excluding hydrogens is 402 g/mol. The van der Waals surface area contributed by atoms with Crippen molar-refractivity contribution in [1.82, 2.24) is 39.5 Å². The fraction of sp³-hybridized carbons (Fsp3) is 0.0435. The maximum absolute atomic E-state index is 4.57. The summed E-state index contributed by atoms with van der Waals surface area (Å²) in [6.45, 7) is 0.728. The van der Waals surface area contributed by atoms with E-state index in [2.05, 4.69) is 59.7 Å². The van der Waals surface area contributed by atoms with Gasteiger partial charge in [0.1, 0.15) is 24.8 Å². The highest BCUT2D eigenvalue weighted by molar-refractivity contribution is 5.92. The summed E-state index contributed by atoms with van der Waals surface area (Å²) in [5.41, 5.74) is 3.94. The Hall–Kier alpha value is -4.66. The molecule has 0 unspecified atom stereocenters. The summed E-state index contributed by atoms with van der Waals surface area (Å²) < 4.78 is 3.61. The first kappa shape index (κ1) is 18.1. The molecule has 154 valence electrons. The van der Waals surface area contributed by atoms with E-state index in [1.54, 1.807) is 17.2 Å². The molecule has 9 heteroatoms. The van der Waals surface area contributed by atoms with Gasteiger partial charge in [0.15, 0.2) is 5.82 Å². The van der Waals surface area contributed by atoms with Crippen LogP contribution in [0.4, 0.5) is 11.5 Å². The summed E-state index contributed by atoms with van der Waals surface area (Å²) in [5.74, 6) is 1.33. The molecule has 2 aromatic carbocycles. The molecule has 6 rings (SSSR count). The molecule has 0 aliphatic heterocycles. The number of hydrogen-bond donors (Lipinski definition) is 1. The first-order chi connectivity index (χ1) is 15.8. The van der Waals surface area contributed by atoms with Crippen molar-refractivity contribution in [3.05, 3.63) is 91.5 Å². The second-order valence-electron chi connectivity index (χ2n) is 7.31. The minimum absolute atomic E-state index is 0.644. The van der Waals surface area contributed by atoms with E-state index >= 15 is 0 Å². The van der Waals surface area contributed by atoms with Gasteiger partial charge in [-0.05, 0) is 29.8 Å². The first-order valence-corrected chi connectivity index (χ1v) is 10.1. The Labute approximate surface area is 182 Å². The third-order valence-corrected chi connectivity index (χ3v) is 5.24. The lowest BCUT2D eigenvalue weighted by Gasteiger charge is -2.10. The van der Waals surface area contributed by atoms with E-state index in [9.17, 15) is 0 Å². The highest BCUT2D eigenvalue weighted by Gasteiger charge is 2.10. The minimum atomic E-state index is 0.644. The predicted molar refractivity (Wildman–Crippen MR) is 121 cm³/mol. The van der Waals surface area contributed by atoms with Crippen LogP contribution in [-0.2, 0) is 6.54 Å². The van der Waals surface area contributed by atoms with Crippen molar-refractivity contribution >= 4 is 33.3 Å². The Morgan fingerprint density at radius 1 is 0.844 bits per heavy atom. The Morgan fingerprint density at radius 3 is 2.66 bits per heavy atom. The summed E-state index contributed by atoms with van der Waals surface area (Å²) in [4.78, 5) is 17.2. The lowest BCUT2D eigenvalue weighted by molar-refractivity contribution is 0.712. The van der Waals surface area contributed by atoms with Gasteiger partial charge in [0, 0.05) is 16.5 Å². The summed E-state index contributed by atoms with van der Waals surface area (Å²) in [6, 6.07) is 18.4. The van der Waals surface area contributed by atoms with Gasteiger partial charge >= 0.3 is 0 Å². The molecule has 0 amide bonds. The van der Waals surface area contributed by atoms with Crippen LogP contribution in [0.5, 0.6) is 0 Å². The number of anilines is 2. The molecule has 0 radical (unpaired) electrons. The van der Waals surface area contributed by atoms with E-state index in [4.69, 9.17) is 0 Å². The van der Waals surface area contributed by atoms with Gasteiger partial charge < -0.3 is 5.32 Å². The van der Waals surface area contributed by atoms with Gasteiger partial charge in [0.2, 0.25) is 0 Å². The summed E-state index contributed by atoms with van der Waals surface area (Å²) >= 11 is 0. The van der Waals surface area contributed by atoms with Crippen LogP contribution in [-0.4, -0.2) is 39.5 Å². The molecular formula is C23H17N9. The average molecular weight is 419 g/mol. The third-order valence-electron chi connectivity index (χ3n) is 5.24. The van der Waals surface area contributed by atoms with E-state index in [0.717, 1.165) is 34.0 Å². The number of hydrogen-bond acceptors (Lipinski definition) is 7. The average Bonchev–Trinajstić information content (AvgIpc) is 3.50. The molecule has 0 atom stereocenters. The zero-order chi connectivity index (χ0) is 21.3. The van der Waals surface area contributed by atoms with Crippen LogP contribution in [0.2, 0.25) is 0 Å². The monoisotopic (exact) mass is 419 g/mol. The van der Waals surface area contributed by atoms with E-state index < -0.39 is 0 Å². The zero-order valence-corrected chi connectivity index (χ0v) is 16.9. The summed E-state index contributed by atoms with van der Waals surface area (Å²) in [7, 11) is 0. The van der Waals surface area contributed by atoms with Crippen molar-refractivity contribution < 1.29 is 0 Å². The molecule has 1 N–H and O–H groups in total. The van der Waals surface area contributed by atoms with E-state index in [-0.39, 0.29) is 0 Å². The number of aromatic nitrogens is 8. The van der Waals surface area contributed by atoms with Crippen molar-refractivity contribution in [2.75, 3.05) is 5.32 Å². The van der Waals surface area contributed by atoms with Gasteiger partial charge in [-0.25, -0.2) is 24.6 Å². The highest BCUT2D eigenvalue weighted by Crippen LogP contribution is 2.26. The Kier molecular flexibility index (Phi) is 4.28. The summed E-state index contributed by atoms with van der Waals surface area (Å²) in [6.07, 6.45) is 8.19. The Morgan fingerprint density at radius 2 is 1.78 bits per heavy atom. The molecule has 9 nitrogen and oxygen atoms in total. The van der Waals surface area contributed by atoms with Crippen molar-refractivity contribution in [1.29, 1.82) is 0 Å². The van der Waals surface area contributed by atoms with Gasteiger partial charge in [0.25, 0.3) is 0 Å². The molecule has 6 aromatic rings. The fourth-order valence-electron chi connectivity index (χ4n) is 3.68. The van der Waals surface area contributed by atoms with Gasteiger partial charge in [-0.15, -0.1) is 0 Å². The van der Waals surface area contributed by atoms with E-state index in [1.165, 1.54) is 18.2 Å². The number of nitrogens with zero attached hydrogens (tertiary/aromatic N) is 8. The standard InChI is InChI=1S/C23H17N9/c1-2-4-16(5-3-1)12-31-21-7-6-18(8-17(21)10-28-31)30-23-19-9-22(32-15-24-13-29-32)25-11-20(19)26-14-27-23/h1-11,13-15H,12H2,(H,26,27,30). The van der Waals surface area contributed by atoms with Crippen LogP contribution in [0.3, 0.4) is 0 Å². The number of fused-ring (bicyclic) bond motifs is 2. The highest BCUT2D eigenvalue weighted by atomic mass is 15.3. The van der Waals surface area contributed by atoms with Crippen LogP contribution in [0.15, 0.2) is 86.0 Å². The van der Waals surface area contributed by atoms with Gasteiger partial charge in [-0.2, -0.15) is 10.2 Å². The zero-order valence-electron chi connectivity index (χ0n) is 16.9. The maximum Gasteiger partial charge on any atom is 0.156 e. The molecule has 32 heavy (non-hydrogen) atoms. The fourth-order valence-corrected chi connectivity index (χ4v) is 3.68. The SMILES string of the molecule is c1ccc(Cn2ncc3cc(Nc4ncnc5cnc(-n6cncn6)cc45)ccc32)cc1. The number of benzene rings is 2. The molecule has 0 aliphatic carbocycles. The van der Waals surface area contributed by atoms with Gasteiger partial charge in [-0.3, -0.25) is 4.68 Å². The van der Waals surface area contributed by atoms with Crippen molar-refractivity contribution in [2.24, 2.45) is 0 Å². The molecule has 0 saturated heterocycles. The molecule has 0 aliphatic rings. The lowest BCUT2D eigenvalue weighted by atomic mass is 10.2. The normalized spacial score (nSPS) is 11.2. The van der Waals surface area contributed by atoms with Crippen LogP contribution in [0.25, 0.3) is 27.6 Å². The largest absolute Gasteiger partial charge is 0.340 e. The predicted octanol–water partition coefficient (Wildman–Crippen LogP) is 3.75. The van der Waals surface area contributed by atoms with E-state index in [1.807, 2.05) is 41.2 Å². The van der Waals surface area contributed by atoms with Crippen molar-refractivity contribution in [3.8, 4) is 5.82 Å².